The number of rotatable bonds is 13. The minimum atomic E-state index is -0.390. The first-order valence-corrected chi connectivity index (χ1v) is 10.7. The standard InChI is InChI=1S/C22H40O4/c1-5-6-7-11-14-18-17-19(23)20(25-18)15-12-9-8-10-13-16-21(24)26-22(2,3)4/h18,20H,5-17H2,1-4H3. The molecular weight excluding hydrogens is 328 g/mol. The van der Waals surface area contributed by atoms with Gasteiger partial charge in [-0.1, -0.05) is 58.3 Å². The second-order valence-corrected chi connectivity index (χ2v) is 8.66. The Kier molecular flexibility index (Phi) is 11.1. The molecule has 4 nitrogen and oxygen atoms in total. The maximum atomic E-state index is 12.1. The Morgan fingerprint density at radius 1 is 1.00 bits per heavy atom. The average Bonchev–Trinajstić information content (AvgIpc) is 2.89. The molecule has 0 saturated carbocycles. The molecule has 0 spiro atoms. The molecule has 26 heavy (non-hydrogen) atoms. The second-order valence-electron chi connectivity index (χ2n) is 8.66. The fourth-order valence-corrected chi connectivity index (χ4v) is 3.43. The molecule has 0 bridgehead atoms. The van der Waals surface area contributed by atoms with Gasteiger partial charge in [0.15, 0.2) is 5.78 Å². The molecule has 1 saturated heterocycles. The largest absolute Gasteiger partial charge is 0.460 e. The topological polar surface area (TPSA) is 52.6 Å². The van der Waals surface area contributed by atoms with Crippen LogP contribution >= 0.6 is 0 Å². The molecule has 1 fully saturated rings. The van der Waals surface area contributed by atoms with E-state index in [9.17, 15) is 9.59 Å². The molecule has 1 heterocycles. The molecule has 1 aliphatic rings. The number of carbonyl (C=O) groups is 2. The van der Waals surface area contributed by atoms with Crippen molar-refractivity contribution in [3.8, 4) is 0 Å². The van der Waals surface area contributed by atoms with Crippen molar-refractivity contribution >= 4 is 11.8 Å². The molecule has 152 valence electrons. The summed E-state index contributed by atoms with van der Waals surface area (Å²) in [4.78, 5) is 23.7. The van der Waals surface area contributed by atoms with Crippen LogP contribution in [0, 0.1) is 0 Å². The number of carbonyl (C=O) groups excluding carboxylic acids is 2. The average molecular weight is 369 g/mol. The van der Waals surface area contributed by atoms with Gasteiger partial charge in [-0.15, -0.1) is 0 Å². The Morgan fingerprint density at radius 3 is 2.31 bits per heavy atom. The highest BCUT2D eigenvalue weighted by molar-refractivity contribution is 5.85. The van der Waals surface area contributed by atoms with Crippen LogP contribution in [0.3, 0.4) is 0 Å². The number of unbranched alkanes of at least 4 members (excludes halogenated alkanes) is 7. The summed E-state index contributed by atoms with van der Waals surface area (Å²) in [5.41, 5.74) is -0.390. The third-order valence-electron chi connectivity index (χ3n) is 4.79. The summed E-state index contributed by atoms with van der Waals surface area (Å²) in [7, 11) is 0. The van der Waals surface area contributed by atoms with Crippen molar-refractivity contribution in [3.05, 3.63) is 0 Å². The van der Waals surface area contributed by atoms with Crippen molar-refractivity contribution in [2.24, 2.45) is 0 Å². The molecular formula is C22H40O4. The molecule has 2 unspecified atom stereocenters. The zero-order valence-electron chi connectivity index (χ0n) is 17.5. The van der Waals surface area contributed by atoms with Crippen molar-refractivity contribution in [1.29, 1.82) is 0 Å². The van der Waals surface area contributed by atoms with E-state index in [1.54, 1.807) is 0 Å². The van der Waals surface area contributed by atoms with Crippen molar-refractivity contribution in [1.82, 2.24) is 0 Å². The summed E-state index contributed by atoms with van der Waals surface area (Å²) in [6, 6.07) is 0. The lowest BCUT2D eigenvalue weighted by molar-refractivity contribution is -0.154. The normalized spacial score (nSPS) is 20.5. The number of ether oxygens (including phenoxy) is 2. The van der Waals surface area contributed by atoms with Gasteiger partial charge >= 0.3 is 5.97 Å². The van der Waals surface area contributed by atoms with Crippen LogP contribution < -0.4 is 0 Å². The Labute approximate surface area is 160 Å². The van der Waals surface area contributed by atoms with Crippen LogP contribution in [-0.4, -0.2) is 29.6 Å². The second kappa shape index (κ2) is 12.5. The van der Waals surface area contributed by atoms with Crippen LogP contribution in [-0.2, 0) is 19.1 Å². The van der Waals surface area contributed by atoms with E-state index in [1.165, 1.54) is 25.7 Å². The van der Waals surface area contributed by atoms with E-state index >= 15 is 0 Å². The SMILES string of the molecule is CCCCCCC1CC(=O)C(CCCCCCCC(=O)OC(C)(C)C)O1. The van der Waals surface area contributed by atoms with Crippen LogP contribution in [0.15, 0.2) is 0 Å². The Hall–Kier alpha value is -0.900. The molecule has 4 heteroatoms. The van der Waals surface area contributed by atoms with Gasteiger partial charge in [0.2, 0.25) is 0 Å². The van der Waals surface area contributed by atoms with Gasteiger partial charge in [0.1, 0.15) is 11.7 Å². The monoisotopic (exact) mass is 368 g/mol. The highest BCUT2D eigenvalue weighted by Gasteiger charge is 2.32. The summed E-state index contributed by atoms with van der Waals surface area (Å²) in [5, 5.41) is 0. The molecule has 0 aliphatic carbocycles. The predicted octanol–water partition coefficient (Wildman–Crippen LogP) is 5.76. The first-order valence-electron chi connectivity index (χ1n) is 10.7. The first-order chi connectivity index (χ1) is 12.3. The molecule has 0 N–H and O–H groups in total. The van der Waals surface area contributed by atoms with E-state index in [0.29, 0.717) is 18.6 Å². The zero-order valence-corrected chi connectivity index (χ0v) is 17.5. The van der Waals surface area contributed by atoms with Gasteiger partial charge in [-0.25, -0.2) is 0 Å². The van der Waals surface area contributed by atoms with Crippen molar-refractivity contribution < 1.29 is 19.1 Å². The number of hydrogen-bond donors (Lipinski definition) is 0. The maximum absolute atomic E-state index is 12.1. The highest BCUT2D eigenvalue weighted by Crippen LogP contribution is 2.25. The van der Waals surface area contributed by atoms with E-state index < -0.39 is 5.60 Å². The minimum absolute atomic E-state index is 0.104. The number of ketones is 1. The maximum Gasteiger partial charge on any atom is 0.306 e. The summed E-state index contributed by atoms with van der Waals surface area (Å²) in [6.45, 7) is 7.90. The lowest BCUT2D eigenvalue weighted by Crippen LogP contribution is -2.23. The molecule has 0 aromatic heterocycles. The van der Waals surface area contributed by atoms with Gasteiger partial charge in [-0.05, 0) is 40.0 Å². The highest BCUT2D eigenvalue weighted by atomic mass is 16.6. The first kappa shape index (κ1) is 23.1. The van der Waals surface area contributed by atoms with E-state index in [-0.39, 0.29) is 18.2 Å². The van der Waals surface area contributed by atoms with Crippen LogP contribution in [0.4, 0.5) is 0 Å². The van der Waals surface area contributed by atoms with E-state index in [1.807, 2.05) is 20.8 Å². The number of hydrogen-bond acceptors (Lipinski definition) is 4. The summed E-state index contributed by atoms with van der Waals surface area (Å²) in [5.74, 6) is 0.197. The van der Waals surface area contributed by atoms with Gasteiger partial charge in [-0.2, -0.15) is 0 Å². The van der Waals surface area contributed by atoms with Gasteiger partial charge in [0.05, 0.1) is 6.10 Å². The minimum Gasteiger partial charge on any atom is -0.460 e. The molecule has 1 aliphatic heterocycles. The van der Waals surface area contributed by atoms with Crippen LogP contribution in [0.25, 0.3) is 0 Å². The Bertz CT molecular complexity index is 411. The van der Waals surface area contributed by atoms with E-state index in [4.69, 9.17) is 9.47 Å². The van der Waals surface area contributed by atoms with E-state index in [2.05, 4.69) is 6.92 Å². The van der Waals surface area contributed by atoms with E-state index in [0.717, 1.165) is 44.9 Å². The van der Waals surface area contributed by atoms with Gasteiger partial charge in [-0.3, -0.25) is 9.59 Å². The third kappa shape index (κ3) is 10.9. The zero-order chi connectivity index (χ0) is 19.4. The molecule has 1 rings (SSSR count). The molecule has 2 atom stereocenters. The summed E-state index contributed by atoms with van der Waals surface area (Å²) >= 11 is 0. The fourth-order valence-electron chi connectivity index (χ4n) is 3.43. The Balaban J connectivity index is 2.01. The van der Waals surface area contributed by atoms with Crippen LogP contribution in [0.1, 0.15) is 111 Å². The van der Waals surface area contributed by atoms with Gasteiger partial charge in [0, 0.05) is 12.8 Å². The number of Topliss-reactive ketones (excluding diaryl/α,β-unsaturated/α-hetero) is 1. The summed E-state index contributed by atoms with van der Waals surface area (Å²) in [6.07, 6.45) is 13.1. The van der Waals surface area contributed by atoms with Crippen LogP contribution in [0.5, 0.6) is 0 Å². The lowest BCUT2D eigenvalue weighted by atomic mass is 10.0. The van der Waals surface area contributed by atoms with Crippen molar-refractivity contribution in [2.45, 2.75) is 129 Å². The fraction of sp³-hybridized carbons (Fsp3) is 0.909. The molecule has 0 amide bonds. The van der Waals surface area contributed by atoms with Crippen LogP contribution in [0.2, 0.25) is 0 Å². The molecule has 0 radical (unpaired) electrons. The molecule has 0 aromatic rings. The number of esters is 1. The van der Waals surface area contributed by atoms with Gasteiger partial charge < -0.3 is 9.47 Å². The summed E-state index contributed by atoms with van der Waals surface area (Å²) < 4.78 is 11.3. The smallest absolute Gasteiger partial charge is 0.306 e. The van der Waals surface area contributed by atoms with Crippen molar-refractivity contribution in [3.63, 3.8) is 0 Å². The molecule has 0 aromatic carbocycles. The predicted molar refractivity (Wildman–Crippen MR) is 105 cm³/mol. The quantitative estimate of drug-likeness (QED) is 0.306. The van der Waals surface area contributed by atoms with Gasteiger partial charge in [0.25, 0.3) is 0 Å². The lowest BCUT2D eigenvalue weighted by Gasteiger charge is -2.19. The Morgan fingerprint density at radius 2 is 1.62 bits per heavy atom. The van der Waals surface area contributed by atoms with Crippen molar-refractivity contribution in [2.75, 3.05) is 0 Å². The third-order valence-corrected chi connectivity index (χ3v) is 4.79.